The zero-order valence-electron chi connectivity index (χ0n) is 20.1. The summed E-state index contributed by atoms with van der Waals surface area (Å²) in [7, 11) is 0. The van der Waals surface area contributed by atoms with Crippen molar-refractivity contribution in [3.05, 3.63) is 34.3 Å². The Kier molecular flexibility index (Phi) is 9.14. The van der Waals surface area contributed by atoms with Crippen LogP contribution in [0.1, 0.15) is 170 Å². The molecule has 3 aliphatic rings. The van der Waals surface area contributed by atoms with E-state index >= 15 is 0 Å². The molecule has 0 bridgehead atoms. The molecular weight excluding hydrogens is 378 g/mol. The molecule has 3 aliphatic carbocycles. The van der Waals surface area contributed by atoms with Crippen LogP contribution in [0.2, 0.25) is 0 Å². The molecule has 0 atom stereocenters. The smallest absolute Gasteiger partial charge is 0.196 e. The first-order valence-electron chi connectivity index (χ1n) is 14.1. The number of hydrogen-bond donors (Lipinski definition) is 0. The second-order valence-electron chi connectivity index (χ2n) is 11.1. The van der Waals surface area contributed by atoms with E-state index in [2.05, 4.69) is 12.1 Å². The Morgan fingerprint density at radius 3 is 1.10 bits per heavy atom. The van der Waals surface area contributed by atoms with Crippen molar-refractivity contribution in [2.45, 2.75) is 153 Å². The van der Waals surface area contributed by atoms with E-state index in [4.69, 9.17) is 0 Å². The largest absolute Gasteiger partial charge is 0.618 e. The van der Waals surface area contributed by atoms with Crippen molar-refractivity contribution >= 4 is 0 Å². The molecule has 1 aromatic rings. The predicted molar refractivity (Wildman–Crippen MR) is 131 cm³/mol. The fourth-order valence-corrected chi connectivity index (χ4v) is 6.75. The molecule has 3 saturated carbocycles. The minimum Gasteiger partial charge on any atom is -0.618 e. The van der Waals surface area contributed by atoms with E-state index in [-0.39, 0.29) is 0 Å². The number of rotatable bonds is 3. The van der Waals surface area contributed by atoms with Crippen molar-refractivity contribution in [1.29, 1.82) is 0 Å². The number of pyridine rings is 1. The third-order valence-corrected chi connectivity index (χ3v) is 8.72. The van der Waals surface area contributed by atoms with Gasteiger partial charge in [0.05, 0.1) is 0 Å². The minimum atomic E-state index is 0.485. The van der Waals surface area contributed by atoms with Gasteiger partial charge in [0.2, 0.25) is 0 Å². The first kappa shape index (κ1) is 23.1. The van der Waals surface area contributed by atoms with Crippen LogP contribution in [0.4, 0.5) is 0 Å². The lowest BCUT2D eigenvalue weighted by atomic mass is 9.81. The molecule has 0 aliphatic heterocycles. The van der Waals surface area contributed by atoms with Crippen molar-refractivity contribution < 1.29 is 4.73 Å². The summed E-state index contributed by atoms with van der Waals surface area (Å²) in [4.78, 5) is 0. The molecule has 4 rings (SSSR count). The second kappa shape index (κ2) is 12.3. The van der Waals surface area contributed by atoms with Gasteiger partial charge in [0.25, 0.3) is 0 Å². The minimum absolute atomic E-state index is 0.485. The first-order valence-corrected chi connectivity index (χ1v) is 14.1. The Morgan fingerprint density at radius 2 is 0.742 bits per heavy atom. The van der Waals surface area contributed by atoms with Gasteiger partial charge in [-0.1, -0.05) is 96.3 Å². The predicted octanol–water partition coefficient (Wildman–Crippen LogP) is 8.80. The fraction of sp³-hybridized carbons (Fsp3) is 0.828. The Balaban J connectivity index is 1.67. The van der Waals surface area contributed by atoms with Gasteiger partial charge in [-0.05, 0) is 50.0 Å². The monoisotopic (exact) mass is 425 g/mol. The third kappa shape index (κ3) is 6.48. The Morgan fingerprint density at radius 1 is 0.452 bits per heavy atom. The summed E-state index contributed by atoms with van der Waals surface area (Å²) in [6, 6.07) is 4.80. The topological polar surface area (TPSA) is 26.9 Å². The number of hydrogen-bond acceptors (Lipinski definition) is 1. The highest BCUT2D eigenvalue weighted by atomic mass is 16.5. The zero-order chi connectivity index (χ0) is 21.3. The molecule has 174 valence electrons. The van der Waals surface area contributed by atoms with E-state index in [1.807, 2.05) is 0 Å². The summed E-state index contributed by atoms with van der Waals surface area (Å²) in [6.45, 7) is 0. The van der Waals surface area contributed by atoms with Gasteiger partial charge in [-0.25, -0.2) is 0 Å². The van der Waals surface area contributed by atoms with E-state index in [0.717, 1.165) is 11.4 Å². The van der Waals surface area contributed by atoms with Crippen molar-refractivity contribution in [2.24, 2.45) is 0 Å². The summed E-state index contributed by atoms with van der Waals surface area (Å²) in [6.07, 6.45) is 27.9. The second-order valence-corrected chi connectivity index (χ2v) is 11.1. The van der Waals surface area contributed by atoms with Crippen LogP contribution in [0.5, 0.6) is 0 Å². The lowest BCUT2D eigenvalue weighted by Gasteiger charge is -2.27. The average Bonchev–Trinajstić information content (AvgIpc) is 2.69. The maximum atomic E-state index is 13.8. The van der Waals surface area contributed by atoms with Gasteiger partial charge in [0.1, 0.15) is 0 Å². The maximum Gasteiger partial charge on any atom is 0.196 e. The highest BCUT2D eigenvalue weighted by molar-refractivity contribution is 5.25. The Bertz CT molecular complexity index is 602. The Hall–Kier alpha value is -1.05. The van der Waals surface area contributed by atoms with Gasteiger partial charge >= 0.3 is 0 Å². The molecule has 31 heavy (non-hydrogen) atoms. The van der Waals surface area contributed by atoms with E-state index in [9.17, 15) is 5.21 Å². The van der Waals surface area contributed by atoms with Crippen LogP contribution in [-0.4, -0.2) is 0 Å². The molecular formula is C29H47NO. The van der Waals surface area contributed by atoms with Crippen LogP contribution in [0.25, 0.3) is 0 Å². The summed E-state index contributed by atoms with van der Waals surface area (Å²) in [5, 5.41) is 13.8. The van der Waals surface area contributed by atoms with Gasteiger partial charge in [-0.3, -0.25) is 0 Å². The summed E-state index contributed by atoms with van der Waals surface area (Å²) in [5.41, 5.74) is 3.83. The average molecular weight is 426 g/mol. The molecule has 0 aromatic carbocycles. The number of nitrogens with zero attached hydrogens (tertiary/aromatic N) is 1. The van der Waals surface area contributed by atoms with E-state index in [1.165, 1.54) is 145 Å². The third-order valence-electron chi connectivity index (χ3n) is 8.72. The van der Waals surface area contributed by atoms with Gasteiger partial charge in [-0.15, -0.1) is 0 Å². The summed E-state index contributed by atoms with van der Waals surface area (Å²) >= 11 is 0. The van der Waals surface area contributed by atoms with Crippen molar-refractivity contribution in [3.63, 3.8) is 0 Å². The lowest BCUT2D eigenvalue weighted by molar-refractivity contribution is -0.626. The van der Waals surface area contributed by atoms with E-state index in [1.54, 1.807) is 0 Å². The standard InChI is InChI=1S/C29H47NO/c31-30-28(25-18-12-6-2-7-13-19-25)22-27(24-16-10-4-1-5-11-17-24)23-29(30)26-20-14-8-3-9-15-21-26/h22-26H,1-21H2. The van der Waals surface area contributed by atoms with Crippen molar-refractivity contribution in [3.8, 4) is 0 Å². The van der Waals surface area contributed by atoms with Crippen LogP contribution < -0.4 is 4.73 Å². The molecule has 0 amide bonds. The van der Waals surface area contributed by atoms with Gasteiger partial charge in [0.15, 0.2) is 11.4 Å². The van der Waals surface area contributed by atoms with Gasteiger partial charge in [0, 0.05) is 24.0 Å². The molecule has 3 fully saturated rings. The zero-order valence-corrected chi connectivity index (χ0v) is 20.1. The van der Waals surface area contributed by atoms with Crippen LogP contribution in [-0.2, 0) is 0 Å². The fourth-order valence-electron chi connectivity index (χ4n) is 6.75. The molecule has 2 heteroatoms. The van der Waals surface area contributed by atoms with Gasteiger partial charge in [-0.2, -0.15) is 4.73 Å². The van der Waals surface area contributed by atoms with E-state index in [0.29, 0.717) is 17.8 Å². The Labute approximate surface area is 191 Å². The van der Waals surface area contributed by atoms with Crippen LogP contribution >= 0.6 is 0 Å². The molecule has 1 heterocycles. The van der Waals surface area contributed by atoms with Crippen LogP contribution in [0.3, 0.4) is 0 Å². The molecule has 1 aromatic heterocycles. The molecule has 2 nitrogen and oxygen atoms in total. The lowest BCUT2D eigenvalue weighted by Crippen LogP contribution is -2.40. The molecule has 0 spiro atoms. The first-order chi connectivity index (χ1) is 15.3. The van der Waals surface area contributed by atoms with E-state index < -0.39 is 0 Å². The summed E-state index contributed by atoms with van der Waals surface area (Å²) in [5.74, 6) is 1.65. The van der Waals surface area contributed by atoms with Crippen LogP contribution in [0.15, 0.2) is 12.1 Å². The van der Waals surface area contributed by atoms with Gasteiger partial charge < -0.3 is 5.21 Å². The molecule has 0 N–H and O–H groups in total. The molecule has 0 saturated heterocycles. The normalized spacial score (nSPS) is 24.4. The van der Waals surface area contributed by atoms with Crippen LogP contribution in [0, 0.1) is 5.21 Å². The highest BCUT2D eigenvalue weighted by Gasteiger charge is 2.30. The quantitative estimate of drug-likeness (QED) is 0.351. The maximum absolute atomic E-state index is 13.8. The van der Waals surface area contributed by atoms with Crippen molar-refractivity contribution in [1.82, 2.24) is 0 Å². The molecule has 0 radical (unpaired) electrons. The SMILES string of the molecule is [O-][n+]1c(C2CCCCCCC2)cc(C2CCCCCCC2)cc1C1CCCCCCC1. The molecule has 0 unspecified atom stereocenters. The van der Waals surface area contributed by atoms with Crippen molar-refractivity contribution in [2.75, 3.05) is 0 Å². The highest BCUT2D eigenvalue weighted by Crippen LogP contribution is 2.37. The summed E-state index contributed by atoms with van der Waals surface area (Å²) < 4.78 is 1.46. The number of aromatic nitrogens is 1.